The van der Waals surface area contributed by atoms with Crippen LogP contribution in [0.2, 0.25) is 0 Å². The smallest absolute Gasteiger partial charge is 0.0724 e. The number of allylic oxidation sites excluding steroid dienone is 1. The van der Waals surface area contributed by atoms with Crippen molar-refractivity contribution in [3.63, 3.8) is 0 Å². The van der Waals surface area contributed by atoms with Gasteiger partial charge in [0.2, 0.25) is 0 Å². The Morgan fingerprint density at radius 1 is 0.964 bits per heavy atom. The summed E-state index contributed by atoms with van der Waals surface area (Å²) in [7, 11) is 0. The van der Waals surface area contributed by atoms with Crippen molar-refractivity contribution >= 4 is 0 Å². The normalized spacial score (nSPS) is 43.1. The van der Waals surface area contributed by atoms with Gasteiger partial charge in [0, 0.05) is 0 Å². The summed E-state index contributed by atoms with van der Waals surface area (Å²) in [6, 6.07) is 0. The van der Waals surface area contributed by atoms with Crippen LogP contribution in [0.4, 0.5) is 0 Å². The first-order valence-electron chi connectivity index (χ1n) is 12.1. The molecule has 1 N–H and O–H groups in total. The Balaban J connectivity index is 0.000000502. The number of rotatable bonds is 0. The molecular weight excluding hydrogens is 340 g/mol. The molecule has 4 rings (SSSR count). The summed E-state index contributed by atoms with van der Waals surface area (Å²) in [5.74, 6) is 3.78. The number of terminal acetylenes is 1. The van der Waals surface area contributed by atoms with Crippen molar-refractivity contribution in [2.45, 2.75) is 112 Å². The minimum Gasteiger partial charge on any atom is -0.389 e. The van der Waals surface area contributed by atoms with Crippen molar-refractivity contribution in [2.24, 2.45) is 34.5 Å². The highest BCUT2D eigenvalue weighted by molar-refractivity contribution is 5.25. The van der Waals surface area contributed by atoms with E-state index < -0.39 is 0 Å². The van der Waals surface area contributed by atoms with Crippen molar-refractivity contribution in [2.75, 3.05) is 0 Å². The monoisotopic (exact) mass is 388 g/mol. The topological polar surface area (TPSA) is 20.2 Å². The standard InChI is InChI=1S/C20H32O.C3H8.C2H6.C2H2/c1-13-4-7-17-16-6-5-14-12-15(21)8-10-20(14,3)18(16)9-11-19(13,17)2;1-3-2;2*1-2/h12-13,15-18,21H,4-11H2,1-3H3;3H2,1-2H3;1-2H3;1-2H. The molecule has 1 heteroatoms. The first-order chi connectivity index (χ1) is 13.4. The molecule has 0 radical (unpaired) electrons. The maximum Gasteiger partial charge on any atom is 0.0724 e. The number of aliphatic hydroxyl groups excluding tert-OH is 1. The van der Waals surface area contributed by atoms with Crippen LogP contribution in [-0.2, 0) is 0 Å². The largest absolute Gasteiger partial charge is 0.389 e. The minimum atomic E-state index is -0.162. The summed E-state index contributed by atoms with van der Waals surface area (Å²) in [4.78, 5) is 0. The lowest BCUT2D eigenvalue weighted by molar-refractivity contribution is -0.0528. The van der Waals surface area contributed by atoms with E-state index in [2.05, 4.69) is 53.5 Å². The number of hydrogen-bond donors (Lipinski definition) is 1. The van der Waals surface area contributed by atoms with Crippen LogP contribution in [0.15, 0.2) is 11.6 Å². The molecule has 4 aliphatic carbocycles. The second kappa shape index (κ2) is 10.9. The Labute approximate surface area is 176 Å². The number of fused-ring (bicyclic) bond motifs is 5. The Hall–Kier alpha value is -0.740. The van der Waals surface area contributed by atoms with Crippen molar-refractivity contribution in [1.82, 2.24) is 0 Å². The molecule has 1 nitrogen and oxygen atoms in total. The van der Waals surface area contributed by atoms with Gasteiger partial charge in [0.1, 0.15) is 0 Å². The third kappa shape index (κ3) is 4.53. The molecule has 162 valence electrons. The van der Waals surface area contributed by atoms with Gasteiger partial charge in [0.05, 0.1) is 6.10 Å². The first kappa shape index (κ1) is 25.3. The number of hydrogen-bond acceptors (Lipinski definition) is 1. The van der Waals surface area contributed by atoms with Gasteiger partial charge >= 0.3 is 0 Å². The molecule has 0 aromatic heterocycles. The molecule has 0 bridgehead atoms. The third-order valence-corrected chi connectivity index (χ3v) is 8.56. The summed E-state index contributed by atoms with van der Waals surface area (Å²) in [6.07, 6.45) is 22.0. The van der Waals surface area contributed by atoms with E-state index in [4.69, 9.17) is 0 Å². The van der Waals surface area contributed by atoms with E-state index in [1.165, 1.54) is 51.4 Å². The molecule has 0 amide bonds. The molecule has 4 aliphatic rings. The molecule has 0 heterocycles. The molecule has 0 aromatic rings. The molecular formula is C27H48O. The second-order valence-electron chi connectivity index (χ2n) is 9.86. The number of aliphatic hydroxyl groups is 1. The Kier molecular flexibility index (Phi) is 9.82. The maximum atomic E-state index is 10.0. The van der Waals surface area contributed by atoms with Crippen molar-refractivity contribution in [1.29, 1.82) is 0 Å². The Morgan fingerprint density at radius 3 is 2.18 bits per heavy atom. The van der Waals surface area contributed by atoms with Crippen LogP contribution in [-0.4, -0.2) is 11.2 Å². The van der Waals surface area contributed by atoms with E-state index in [0.717, 1.165) is 30.1 Å². The molecule has 0 saturated heterocycles. The van der Waals surface area contributed by atoms with Gasteiger partial charge in [0.25, 0.3) is 0 Å². The SMILES string of the molecule is C#C.CC.CC1CCC2C3CCC4=CC(O)CCC4(C)C3CCC12C.CCC. The highest BCUT2D eigenvalue weighted by Crippen LogP contribution is 2.66. The van der Waals surface area contributed by atoms with Gasteiger partial charge in [0.15, 0.2) is 0 Å². The third-order valence-electron chi connectivity index (χ3n) is 8.56. The fourth-order valence-electron chi connectivity index (χ4n) is 6.97. The quantitative estimate of drug-likeness (QED) is 0.334. The van der Waals surface area contributed by atoms with Gasteiger partial charge in [-0.1, -0.05) is 66.5 Å². The van der Waals surface area contributed by atoms with Crippen LogP contribution in [0, 0.1) is 47.3 Å². The van der Waals surface area contributed by atoms with Gasteiger partial charge < -0.3 is 5.11 Å². The first-order valence-corrected chi connectivity index (χ1v) is 12.1. The molecule has 3 saturated carbocycles. The summed E-state index contributed by atoms with van der Waals surface area (Å²) in [6.45, 7) is 15.9. The lowest BCUT2D eigenvalue weighted by Crippen LogP contribution is -2.50. The van der Waals surface area contributed by atoms with Gasteiger partial charge in [-0.2, -0.15) is 0 Å². The fourth-order valence-corrected chi connectivity index (χ4v) is 6.97. The molecule has 0 aliphatic heterocycles. The summed E-state index contributed by atoms with van der Waals surface area (Å²) < 4.78 is 0. The molecule has 0 spiro atoms. The average Bonchev–Trinajstić information content (AvgIpc) is 3.01. The summed E-state index contributed by atoms with van der Waals surface area (Å²) in [5.41, 5.74) is 2.65. The second-order valence-corrected chi connectivity index (χ2v) is 9.86. The van der Waals surface area contributed by atoms with E-state index in [-0.39, 0.29) is 6.10 Å². The minimum absolute atomic E-state index is 0.162. The maximum absolute atomic E-state index is 10.0. The van der Waals surface area contributed by atoms with Crippen LogP contribution >= 0.6 is 0 Å². The molecule has 7 atom stereocenters. The van der Waals surface area contributed by atoms with Crippen molar-refractivity contribution in [3.8, 4) is 12.8 Å². The van der Waals surface area contributed by atoms with E-state index in [9.17, 15) is 5.11 Å². The fraction of sp³-hybridized carbons (Fsp3) is 0.852. The van der Waals surface area contributed by atoms with Crippen LogP contribution < -0.4 is 0 Å². The van der Waals surface area contributed by atoms with Crippen LogP contribution in [0.5, 0.6) is 0 Å². The van der Waals surface area contributed by atoms with E-state index in [1.807, 2.05) is 13.8 Å². The average molecular weight is 389 g/mol. The van der Waals surface area contributed by atoms with E-state index in [0.29, 0.717) is 10.8 Å². The zero-order chi connectivity index (χ0) is 21.5. The van der Waals surface area contributed by atoms with Crippen molar-refractivity contribution in [3.05, 3.63) is 11.6 Å². The Morgan fingerprint density at radius 2 is 1.57 bits per heavy atom. The molecule has 3 fully saturated rings. The predicted molar refractivity (Wildman–Crippen MR) is 124 cm³/mol. The van der Waals surface area contributed by atoms with Crippen LogP contribution in [0.3, 0.4) is 0 Å². The highest BCUT2D eigenvalue weighted by atomic mass is 16.3. The van der Waals surface area contributed by atoms with E-state index in [1.54, 1.807) is 5.57 Å². The van der Waals surface area contributed by atoms with Gasteiger partial charge in [-0.05, 0) is 85.9 Å². The molecule has 0 aromatic carbocycles. The van der Waals surface area contributed by atoms with Gasteiger partial charge in [-0.25, -0.2) is 0 Å². The Bertz CT molecular complexity index is 518. The summed E-state index contributed by atoms with van der Waals surface area (Å²) in [5, 5.41) is 10.0. The van der Waals surface area contributed by atoms with Gasteiger partial charge in [-0.3, -0.25) is 0 Å². The van der Waals surface area contributed by atoms with Crippen LogP contribution in [0.1, 0.15) is 106 Å². The molecule has 7 unspecified atom stereocenters. The lowest BCUT2D eigenvalue weighted by Gasteiger charge is -2.58. The van der Waals surface area contributed by atoms with Gasteiger partial charge in [-0.15, -0.1) is 12.8 Å². The zero-order valence-corrected chi connectivity index (χ0v) is 19.9. The lowest BCUT2D eigenvalue weighted by atomic mass is 9.47. The van der Waals surface area contributed by atoms with Crippen LogP contribution in [0.25, 0.3) is 0 Å². The van der Waals surface area contributed by atoms with E-state index >= 15 is 0 Å². The highest BCUT2D eigenvalue weighted by Gasteiger charge is 2.57. The zero-order valence-electron chi connectivity index (χ0n) is 19.9. The molecule has 28 heavy (non-hydrogen) atoms. The summed E-state index contributed by atoms with van der Waals surface area (Å²) >= 11 is 0. The predicted octanol–water partition coefficient (Wildman–Crippen LogP) is 7.64. The van der Waals surface area contributed by atoms with Crippen molar-refractivity contribution < 1.29 is 5.11 Å².